The molecule has 1 aliphatic heterocycles. The molecule has 0 unspecified atom stereocenters. The first kappa shape index (κ1) is 6.09. The van der Waals surface area contributed by atoms with Gasteiger partial charge >= 0.3 is 0 Å². The van der Waals surface area contributed by atoms with E-state index in [1.807, 2.05) is 0 Å². The summed E-state index contributed by atoms with van der Waals surface area (Å²) in [4.78, 5) is 0. The van der Waals surface area contributed by atoms with E-state index in [-0.39, 0.29) is 0 Å². The van der Waals surface area contributed by atoms with Crippen molar-refractivity contribution in [2.24, 2.45) is 5.92 Å². The van der Waals surface area contributed by atoms with E-state index in [0.29, 0.717) is 12.2 Å². The van der Waals surface area contributed by atoms with Crippen molar-refractivity contribution < 1.29 is 4.74 Å². The van der Waals surface area contributed by atoms with Gasteiger partial charge in [-0.3, -0.25) is 0 Å². The summed E-state index contributed by atoms with van der Waals surface area (Å²) in [6.45, 7) is 6.53. The maximum absolute atomic E-state index is 5.47. The molecule has 0 spiro atoms. The fraction of sp³-hybridized carbons (Fsp3) is 1.00. The average molecular weight is 114 g/mol. The van der Waals surface area contributed by atoms with Crippen LogP contribution in [0.4, 0.5) is 0 Å². The molecule has 1 rings (SSSR count). The van der Waals surface area contributed by atoms with Crippen LogP contribution < -0.4 is 0 Å². The molecule has 0 radical (unpaired) electrons. The molecule has 3 atom stereocenters. The van der Waals surface area contributed by atoms with Gasteiger partial charge in [0, 0.05) is 0 Å². The number of hydrogen-bond acceptors (Lipinski definition) is 1. The van der Waals surface area contributed by atoms with Crippen LogP contribution in [-0.4, -0.2) is 12.2 Å². The minimum atomic E-state index is 0.491. The highest BCUT2D eigenvalue weighted by atomic mass is 16.5. The van der Waals surface area contributed by atoms with E-state index in [1.165, 1.54) is 6.42 Å². The standard InChI is InChI=1S/C7H14O/c1-5-4-6(2)8-7(5)3/h5-7H,4H2,1-3H3/t5-,6-,7-/m1/s1. The molecule has 1 saturated heterocycles. The predicted octanol–water partition coefficient (Wildman–Crippen LogP) is 1.82. The zero-order valence-electron chi connectivity index (χ0n) is 5.85. The van der Waals surface area contributed by atoms with Crippen LogP contribution in [0.3, 0.4) is 0 Å². The molecule has 0 saturated carbocycles. The van der Waals surface area contributed by atoms with Crippen molar-refractivity contribution in [2.75, 3.05) is 0 Å². The van der Waals surface area contributed by atoms with Crippen molar-refractivity contribution in [2.45, 2.75) is 39.4 Å². The predicted molar refractivity (Wildman–Crippen MR) is 33.8 cm³/mol. The molecular formula is C7H14O. The minimum absolute atomic E-state index is 0.491. The van der Waals surface area contributed by atoms with Crippen LogP contribution in [0.1, 0.15) is 27.2 Å². The Labute approximate surface area is 51.0 Å². The molecule has 8 heavy (non-hydrogen) atoms. The lowest BCUT2D eigenvalue weighted by molar-refractivity contribution is 0.0580. The Morgan fingerprint density at radius 3 is 2.00 bits per heavy atom. The molecule has 0 amide bonds. The lowest BCUT2D eigenvalue weighted by atomic mass is 10.0. The Balaban J connectivity index is 2.39. The first-order chi connectivity index (χ1) is 3.70. The lowest BCUT2D eigenvalue weighted by Crippen LogP contribution is -2.06. The Hall–Kier alpha value is -0.0400. The van der Waals surface area contributed by atoms with Crippen LogP contribution in [0.2, 0.25) is 0 Å². The maximum atomic E-state index is 5.47. The molecular weight excluding hydrogens is 100 g/mol. The van der Waals surface area contributed by atoms with E-state index in [1.54, 1.807) is 0 Å². The summed E-state index contributed by atoms with van der Waals surface area (Å²) < 4.78 is 5.47. The second-order valence-corrected chi connectivity index (χ2v) is 2.86. The van der Waals surface area contributed by atoms with E-state index in [9.17, 15) is 0 Å². The summed E-state index contributed by atoms with van der Waals surface area (Å²) in [7, 11) is 0. The molecule has 0 aromatic carbocycles. The van der Waals surface area contributed by atoms with Crippen molar-refractivity contribution >= 4 is 0 Å². The van der Waals surface area contributed by atoms with Gasteiger partial charge in [-0.2, -0.15) is 0 Å². The second-order valence-electron chi connectivity index (χ2n) is 2.86. The van der Waals surface area contributed by atoms with E-state index >= 15 is 0 Å². The zero-order valence-corrected chi connectivity index (χ0v) is 5.85. The molecule has 0 aliphatic carbocycles. The molecule has 1 nitrogen and oxygen atoms in total. The highest BCUT2D eigenvalue weighted by Gasteiger charge is 2.24. The van der Waals surface area contributed by atoms with Crippen LogP contribution in [0.25, 0.3) is 0 Å². The SMILES string of the molecule is C[C@@H]1C[C@@H](C)[C@@H](C)O1. The van der Waals surface area contributed by atoms with Gasteiger partial charge < -0.3 is 4.74 Å². The molecule has 0 bridgehead atoms. The third-order valence-electron chi connectivity index (χ3n) is 1.95. The van der Waals surface area contributed by atoms with E-state index in [2.05, 4.69) is 20.8 Å². The summed E-state index contributed by atoms with van der Waals surface area (Å²) in [5, 5.41) is 0. The molecule has 0 N–H and O–H groups in total. The Kier molecular flexibility index (Phi) is 1.57. The van der Waals surface area contributed by atoms with Crippen molar-refractivity contribution in [3.8, 4) is 0 Å². The topological polar surface area (TPSA) is 9.23 Å². The van der Waals surface area contributed by atoms with Gasteiger partial charge in [0.1, 0.15) is 0 Å². The van der Waals surface area contributed by atoms with Gasteiger partial charge in [0.05, 0.1) is 12.2 Å². The third kappa shape index (κ3) is 1.03. The molecule has 48 valence electrons. The van der Waals surface area contributed by atoms with Crippen molar-refractivity contribution in [1.82, 2.24) is 0 Å². The van der Waals surface area contributed by atoms with Gasteiger partial charge in [0.25, 0.3) is 0 Å². The summed E-state index contributed by atoms with van der Waals surface area (Å²) in [5.74, 6) is 0.769. The zero-order chi connectivity index (χ0) is 6.15. The van der Waals surface area contributed by atoms with Gasteiger partial charge in [-0.25, -0.2) is 0 Å². The smallest absolute Gasteiger partial charge is 0.0577 e. The molecule has 1 heterocycles. The number of ether oxygens (including phenoxy) is 1. The van der Waals surface area contributed by atoms with Crippen LogP contribution in [0.5, 0.6) is 0 Å². The van der Waals surface area contributed by atoms with Crippen LogP contribution in [0, 0.1) is 5.92 Å². The molecule has 1 heteroatoms. The van der Waals surface area contributed by atoms with Crippen LogP contribution >= 0.6 is 0 Å². The van der Waals surface area contributed by atoms with Gasteiger partial charge in [0.2, 0.25) is 0 Å². The Morgan fingerprint density at radius 2 is 1.88 bits per heavy atom. The highest BCUT2D eigenvalue weighted by Crippen LogP contribution is 2.24. The fourth-order valence-corrected chi connectivity index (χ4v) is 1.27. The average Bonchev–Trinajstić information content (AvgIpc) is 1.85. The maximum Gasteiger partial charge on any atom is 0.0577 e. The number of rotatable bonds is 0. The van der Waals surface area contributed by atoms with E-state index in [0.717, 1.165) is 5.92 Å². The quantitative estimate of drug-likeness (QED) is 0.466. The summed E-state index contributed by atoms with van der Waals surface area (Å²) in [6.07, 6.45) is 2.23. The Bertz CT molecular complexity index is 70.5. The summed E-state index contributed by atoms with van der Waals surface area (Å²) in [6, 6.07) is 0. The molecule has 1 aliphatic rings. The van der Waals surface area contributed by atoms with Crippen molar-refractivity contribution in [3.05, 3.63) is 0 Å². The minimum Gasteiger partial charge on any atom is -0.375 e. The van der Waals surface area contributed by atoms with Crippen LogP contribution in [-0.2, 0) is 4.74 Å². The molecule has 0 aromatic heterocycles. The van der Waals surface area contributed by atoms with Crippen molar-refractivity contribution in [3.63, 3.8) is 0 Å². The highest BCUT2D eigenvalue weighted by molar-refractivity contribution is 4.72. The lowest BCUT2D eigenvalue weighted by Gasteiger charge is -2.05. The van der Waals surface area contributed by atoms with Gasteiger partial charge in [0.15, 0.2) is 0 Å². The first-order valence-electron chi connectivity index (χ1n) is 3.35. The fourth-order valence-electron chi connectivity index (χ4n) is 1.27. The van der Waals surface area contributed by atoms with E-state index < -0.39 is 0 Å². The monoisotopic (exact) mass is 114 g/mol. The molecule has 0 aromatic rings. The van der Waals surface area contributed by atoms with E-state index in [4.69, 9.17) is 4.74 Å². The van der Waals surface area contributed by atoms with Gasteiger partial charge in [-0.1, -0.05) is 6.92 Å². The van der Waals surface area contributed by atoms with Crippen LogP contribution in [0.15, 0.2) is 0 Å². The van der Waals surface area contributed by atoms with Crippen molar-refractivity contribution in [1.29, 1.82) is 0 Å². The first-order valence-corrected chi connectivity index (χ1v) is 3.35. The molecule has 1 fully saturated rings. The summed E-state index contributed by atoms with van der Waals surface area (Å²) >= 11 is 0. The second kappa shape index (κ2) is 2.06. The third-order valence-corrected chi connectivity index (χ3v) is 1.95. The normalized spacial score (nSPS) is 47.6. The largest absolute Gasteiger partial charge is 0.375 e. The Morgan fingerprint density at radius 1 is 1.25 bits per heavy atom. The van der Waals surface area contributed by atoms with Gasteiger partial charge in [-0.05, 0) is 26.2 Å². The number of hydrogen-bond donors (Lipinski definition) is 0. The summed E-state index contributed by atoms with van der Waals surface area (Å²) in [5.41, 5.74) is 0. The van der Waals surface area contributed by atoms with Gasteiger partial charge in [-0.15, -0.1) is 0 Å².